The van der Waals surface area contributed by atoms with Gasteiger partial charge in [0.25, 0.3) is 0 Å². The van der Waals surface area contributed by atoms with Gasteiger partial charge in [-0.05, 0) is 43.5 Å². The van der Waals surface area contributed by atoms with Crippen molar-refractivity contribution in [1.29, 1.82) is 0 Å². The summed E-state index contributed by atoms with van der Waals surface area (Å²) in [5.74, 6) is -0.435. The topological polar surface area (TPSA) is 86.8 Å². The fourth-order valence-electron chi connectivity index (χ4n) is 3.25. The Kier molecular flexibility index (Phi) is 8.76. The van der Waals surface area contributed by atoms with Crippen LogP contribution in [0.25, 0.3) is 0 Å². The summed E-state index contributed by atoms with van der Waals surface area (Å²) in [6.07, 6.45) is 0.494. The fraction of sp³-hybridized carbons (Fsp3) is 0.391. The monoisotopic (exact) mass is 445 g/mol. The summed E-state index contributed by atoms with van der Waals surface area (Å²) in [4.78, 5) is 27.0. The number of rotatable bonds is 10. The molecule has 0 unspecified atom stereocenters. The quantitative estimate of drug-likeness (QED) is 0.609. The Morgan fingerprint density at radius 3 is 2.26 bits per heavy atom. The lowest BCUT2D eigenvalue weighted by Crippen LogP contribution is -2.46. The highest BCUT2D eigenvalue weighted by atomic mass is 32.2. The molecule has 2 aromatic rings. The van der Waals surface area contributed by atoms with Crippen LogP contribution in [0.1, 0.15) is 30.9 Å². The molecule has 1 N–H and O–H groups in total. The number of amides is 2. The summed E-state index contributed by atoms with van der Waals surface area (Å²) in [5.41, 5.74) is 2.01. The van der Waals surface area contributed by atoms with Gasteiger partial charge in [-0.15, -0.1) is 0 Å². The summed E-state index contributed by atoms with van der Waals surface area (Å²) in [6, 6.07) is 15.3. The van der Waals surface area contributed by atoms with Gasteiger partial charge in [0.2, 0.25) is 21.8 Å². The van der Waals surface area contributed by atoms with Crippen molar-refractivity contribution < 1.29 is 18.0 Å². The van der Waals surface area contributed by atoms with Crippen LogP contribution in [0.3, 0.4) is 0 Å². The van der Waals surface area contributed by atoms with Gasteiger partial charge in [0.1, 0.15) is 6.04 Å². The molecule has 0 bridgehead atoms. The molecule has 0 fully saturated rings. The minimum atomic E-state index is -3.60. The molecule has 0 saturated carbocycles. The number of benzene rings is 2. The Balaban J connectivity index is 2.06. The third-order valence-electron chi connectivity index (χ3n) is 5.33. The first-order chi connectivity index (χ1) is 14.7. The maximum Gasteiger partial charge on any atom is 0.242 e. The van der Waals surface area contributed by atoms with E-state index in [0.717, 1.165) is 11.1 Å². The normalized spacial score (nSPS) is 12.4. The van der Waals surface area contributed by atoms with Crippen LogP contribution in [0.2, 0.25) is 0 Å². The van der Waals surface area contributed by atoms with Crippen molar-refractivity contribution in [3.05, 3.63) is 65.7 Å². The fourth-order valence-corrected chi connectivity index (χ4v) is 4.48. The summed E-state index contributed by atoms with van der Waals surface area (Å²) < 4.78 is 26.5. The molecule has 0 aliphatic carbocycles. The van der Waals surface area contributed by atoms with Crippen molar-refractivity contribution in [1.82, 2.24) is 14.5 Å². The van der Waals surface area contributed by atoms with E-state index in [-0.39, 0.29) is 29.7 Å². The van der Waals surface area contributed by atoms with Gasteiger partial charge >= 0.3 is 0 Å². The molecule has 0 aliphatic heterocycles. The highest BCUT2D eigenvalue weighted by molar-refractivity contribution is 7.89. The molecule has 1 atom stereocenters. The number of carbonyl (C=O) groups excluding carboxylic acids is 2. The van der Waals surface area contributed by atoms with Gasteiger partial charge in [0.15, 0.2) is 0 Å². The lowest BCUT2D eigenvalue weighted by atomic mass is 10.1. The number of aryl methyl sites for hydroxylation is 1. The molecule has 0 saturated heterocycles. The predicted molar refractivity (Wildman–Crippen MR) is 121 cm³/mol. The zero-order valence-corrected chi connectivity index (χ0v) is 19.4. The van der Waals surface area contributed by atoms with Gasteiger partial charge < -0.3 is 10.2 Å². The van der Waals surface area contributed by atoms with Crippen LogP contribution in [0, 0.1) is 6.92 Å². The number of sulfonamides is 1. The van der Waals surface area contributed by atoms with Crippen LogP contribution < -0.4 is 5.32 Å². The molecule has 7 nitrogen and oxygen atoms in total. The average molecular weight is 446 g/mol. The standard InChI is InChI=1S/C23H31N3O4S/c1-18-11-8-9-12-20(18)17-26(19(2)23(28)24-3)22(27)15-10-16-25(4)31(29,30)21-13-6-5-7-14-21/h5-9,11-14,19H,10,15-17H2,1-4H3,(H,24,28)/t19-/m1/s1. The molecule has 2 amide bonds. The number of nitrogens with one attached hydrogen (secondary N) is 1. The lowest BCUT2D eigenvalue weighted by Gasteiger charge is -2.29. The predicted octanol–water partition coefficient (Wildman–Crippen LogP) is 2.56. The molecule has 0 spiro atoms. The van der Waals surface area contributed by atoms with Crippen LogP contribution in [0.4, 0.5) is 0 Å². The van der Waals surface area contributed by atoms with E-state index in [2.05, 4.69) is 5.32 Å². The number of hydrogen-bond donors (Lipinski definition) is 1. The van der Waals surface area contributed by atoms with Crippen molar-refractivity contribution in [2.24, 2.45) is 0 Å². The molecule has 0 heterocycles. The highest BCUT2D eigenvalue weighted by Crippen LogP contribution is 2.17. The van der Waals surface area contributed by atoms with E-state index in [0.29, 0.717) is 13.0 Å². The van der Waals surface area contributed by atoms with Crippen molar-refractivity contribution in [3.63, 3.8) is 0 Å². The van der Waals surface area contributed by atoms with Gasteiger partial charge in [0, 0.05) is 33.6 Å². The third-order valence-corrected chi connectivity index (χ3v) is 7.20. The zero-order chi connectivity index (χ0) is 23.0. The Morgan fingerprint density at radius 1 is 1.03 bits per heavy atom. The largest absolute Gasteiger partial charge is 0.357 e. The number of likely N-dealkylation sites (N-methyl/N-ethyl adjacent to an activating group) is 1. The molecular weight excluding hydrogens is 414 g/mol. The molecule has 8 heteroatoms. The molecule has 168 valence electrons. The van der Waals surface area contributed by atoms with E-state index in [9.17, 15) is 18.0 Å². The van der Waals surface area contributed by atoms with Gasteiger partial charge in [-0.1, -0.05) is 42.5 Å². The molecule has 31 heavy (non-hydrogen) atoms. The second kappa shape index (κ2) is 11.1. The first kappa shape index (κ1) is 24.6. The Labute approximate surface area is 185 Å². The summed E-state index contributed by atoms with van der Waals surface area (Å²) in [6.45, 7) is 4.18. The van der Waals surface area contributed by atoms with E-state index in [1.54, 1.807) is 49.2 Å². The van der Waals surface area contributed by atoms with Crippen molar-refractivity contribution >= 4 is 21.8 Å². The molecule has 0 radical (unpaired) electrons. The molecule has 2 aromatic carbocycles. The first-order valence-electron chi connectivity index (χ1n) is 10.3. The second-order valence-electron chi connectivity index (χ2n) is 7.48. The van der Waals surface area contributed by atoms with E-state index in [1.807, 2.05) is 31.2 Å². The van der Waals surface area contributed by atoms with Crippen LogP contribution in [-0.2, 0) is 26.2 Å². The number of carbonyl (C=O) groups is 2. The van der Waals surface area contributed by atoms with Gasteiger partial charge in [-0.25, -0.2) is 12.7 Å². The second-order valence-corrected chi connectivity index (χ2v) is 9.53. The Hall–Kier alpha value is -2.71. The van der Waals surface area contributed by atoms with Gasteiger partial charge in [0.05, 0.1) is 4.90 Å². The van der Waals surface area contributed by atoms with Crippen LogP contribution >= 0.6 is 0 Å². The third kappa shape index (κ3) is 6.38. The van der Waals surface area contributed by atoms with E-state index >= 15 is 0 Å². The highest BCUT2D eigenvalue weighted by Gasteiger charge is 2.26. The van der Waals surface area contributed by atoms with E-state index in [4.69, 9.17) is 0 Å². The Bertz CT molecular complexity index is 993. The smallest absolute Gasteiger partial charge is 0.242 e. The number of nitrogens with zero attached hydrogens (tertiary/aromatic N) is 2. The van der Waals surface area contributed by atoms with Crippen molar-refractivity contribution in [3.8, 4) is 0 Å². The summed E-state index contributed by atoms with van der Waals surface area (Å²) in [5, 5.41) is 2.59. The summed E-state index contributed by atoms with van der Waals surface area (Å²) in [7, 11) is -0.555. The maximum absolute atomic E-state index is 13.0. The van der Waals surface area contributed by atoms with Crippen LogP contribution in [0.5, 0.6) is 0 Å². The minimum Gasteiger partial charge on any atom is -0.357 e. The van der Waals surface area contributed by atoms with Crippen molar-refractivity contribution in [2.75, 3.05) is 20.6 Å². The van der Waals surface area contributed by atoms with Gasteiger partial charge in [-0.2, -0.15) is 0 Å². The van der Waals surface area contributed by atoms with Gasteiger partial charge in [-0.3, -0.25) is 9.59 Å². The van der Waals surface area contributed by atoms with Crippen LogP contribution in [-0.4, -0.2) is 56.1 Å². The van der Waals surface area contributed by atoms with Crippen LogP contribution in [0.15, 0.2) is 59.5 Å². The molecule has 0 aliphatic rings. The SMILES string of the molecule is CNC(=O)[C@@H](C)N(Cc1ccccc1C)C(=O)CCCN(C)S(=O)(=O)c1ccccc1. The molecule has 0 aromatic heterocycles. The lowest BCUT2D eigenvalue weighted by molar-refractivity contribution is -0.140. The zero-order valence-electron chi connectivity index (χ0n) is 18.5. The molecule has 2 rings (SSSR count). The molecular formula is C23H31N3O4S. The van der Waals surface area contributed by atoms with E-state index in [1.165, 1.54) is 11.4 Å². The first-order valence-corrected chi connectivity index (χ1v) is 11.7. The Morgan fingerprint density at radius 2 is 1.65 bits per heavy atom. The maximum atomic E-state index is 13.0. The van der Waals surface area contributed by atoms with E-state index < -0.39 is 16.1 Å². The minimum absolute atomic E-state index is 0.141. The summed E-state index contributed by atoms with van der Waals surface area (Å²) >= 11 is 0. The average Bonchev–Trinajstić information content (AvgIpc) is 2.77. The number of hydrogen-bond acceptors (Lipinski definition) is 4. The van der Waals surface area contributed by atoms with Crippen molar-refractivity contribution in [2.45, 2.75) is 44.2 Å².